The Morgan fingerprint density at radius 3 is 2.56 bits per heavy atom. The molecule has 2 rings (SSSR count). The molecule has 0 spiro atoms. The minimum atomic E-state index is 0.178. The largest absolute Gasteiger partial charge is 0.395 e. The Balaban J connectivity index is 2.08. The van der Waals surface area contributed by atoms with E-state index in [2.05, 4.69) is 47.3 Å². The summed E-state index contributed by atoms with van der Waals surface area (Å²) in [6, 6.07) is 9.00. The lowest BCUT2D eigenvalue weighted by molar-refractivity contribution is 0.228. The summed E-state index contributed by atoms with van der Waals surface area (Å²) in [5.41, 5.74) is 0. The van der Waals surface area contributed by atoms with Crippen molar-refractivity contribution in [2.75, 3.05) is 6.61 Å². The summed E-state index contributed by atoms with van der Waals surface area (Å²) in [5, 5.41) is 17.1. The van der Waals surface area contributed by atoms with Gasteiger partial charge in [-0.1, -0.05) is 19.1 Å². The van der Waals surface area contributed by atoms with Crippen molar-refractivity contribution in [3.8, 4) is 0 Å². The first kappa shape index (κ1) is 13.7. The molecule has 0 fully saturated rings. The number of hydrogen-bond donors (Lipinski definition) is 2. The van der Waals surface area contributed by atoms with Crippen molar-refractivity contribution in [1.29, 1.82) is 0 Å². The Hall–Kier alpha value is -0.680. The number of aliphatic hydroxyl groups is 1. The molecule has 0 amide bonds. The van der Waals surface area contributed by atoms with Crippen LogP contribution in [0.3, 0.4) is 0 Å². The second-order valence-electron chi connectivity index (χ2n) is 4.31. The molecule has 0 aromatic carbocycles. The van der Waals surface area contributed by atoms with Gasteiger partial charge in [-0.3, -0.25) is 0 Å². The SMILES string of the molecule is CC[C@@H](CO)NC(Cc1cccs1)c1cccs1. The van der Waals surface area contributed by atoms with Crippen LogP contribution in [0.5, 0.6) is 0 Å². The van der Waals surface area contributed by atoms with E-state index in [9.17, 15) is 5.11 Å². The van der Waals surface area contributed by atoms with Crippen LogP contribution in [-0.2, 0) is 6.42 Å². The molecule has 2 heterocycles. The predicted molar refractivity (Wildman–Crippen MR) is 79.4 cm³/mol. The molecule has 2 aromatic heterocycles. The second kappa shape index (κ2) is 7.04. The van der Waals surface area contributed by atoms with Crippen molar-refractivity contribution in [2.45, 2.75) is 31.8 Å². The Kier molecular flexibility index (Phi) is 5.38. The van der Waals surface area contributed by atoms with E-state index in [4.69, 9.17) is 0 Å². The van der Waals surface area contributed by atoms with Gasteiger partial charge in [-0.15, -0.1) is 22.7 Å². The van der Waals surface area contributed by atoms with Crippen molar-refractivity contribution in [2.24, 2.45) is 0 Å². The van der Waals surface area contributed by atoms with Crippen molar-refractivity contribution in [3.05, 3.63) is 44.8 Å². The lowest BCUT2D eigenvalue weighted by atomic mass is 10.1. The van der Waals surface area contributed by atoms with Crippen LogP contribution in [0.25, 0.3) is 0 Å². The molecule has 2 atom stereocenters. The number of rotatable bonds is 7. The van der Waals surface area contributed by atoms with E-state index in [0.29, 0.717) is 6.04 Å². The zero-order valence-corrected chi connectivity index (χ0v) is 12.1. The van der Waals surface area contributed by atoms with E-state index in [1.165, 1.54) is 9.75 Å². The van der Waals surface area contributed by atoms with Crippen LogP contribution in [0, 0.1) is 0 Å². The van der Waals surface area contributed by atoms with Gasteiger partial charge in [0.25, 0.3) is 0 Å². The van der Waals surface area contributed by atoms with Gasteiger partial charge in [0, 0.05) is 28.3 Å². The minimum Gasteiger partial charge on any atom is -0.395 e. The highest BCUT2D eigenvalue weighted by atomic mass is 32.1. The molecule has 0 aliphatic rings. The first-order chi connectivity index (χ1) is 8.83. The fourth-order valence-corrected chi connectivity index (χ4v) is 3.48. The highest BCUT2D eigenvalue weighted by Crippen LogP contribution is 2.25. The number of hydrogen-bond acceptors (Lipinski definition) is 4. The van der Waals surface area contributed by atoms with Gasteiger partial charge < -0.3 is 10.4 Å². The molecule has 0 aliphatic carbocycles. The maximum Gasteiger partial charge on any atom is 0.0584 e. The molecule has 98 valence electrons. The van der Waals surface area contributed by atoms with E-state index in [1.54, 1.807) is 22.7 Å². The molecule has 0 saturated heterocycles. The third-order valence-corrected chi connectivity index (χ3v) is 4.91. The molecule has 2 N–H and O–H groups in total. The topological polar surface area (TPSA) is 32.3 Å². The molecular formula is C14H19NOS2. The zero-order valence-electron chi connectivity index (χ0n) is 10.5. The van der Waals surface area contributed by atoms with E-state index >= 15 is 0 Å². The quantitative estimate of drug-likeness (QED) is 0.814. The molecule has 0 saturated carbocycles. The van der Waals surface area contributed by atoms with E-state index in [1.807, 2.05) is 0 Å². The summed E-state index contributed by atoms with van der Waals surface area (Å²) < 4.78 is 0. The van der Waals surface area contributed by atoms with Crippen molar-refractivity contribution in [3.63, 3.8) is 0 Å². The lowest BCUT2D eigenvalue weighted by Crippen LogP contribution is -2.35. The monoisotopic (exact) mass is 281 g/mol. The van der Waals surface area contributed by atoms with Crippen LogP contribution >= 0.6 is 22.7 Å². The third kappa shape index (κ3) is 3.65. The van der Waals surface area contributed by atoms with Gasteiger partial charge in [0.2, 0.25) is 0 Å². The average Bonchev–Trinajstić information content (AvgIpc) is 3.06. The minimum absolute atomic E-state index is 0.178. The highest BCUT2D eigenvalue weighted by Gasteiger charge is 2.17. The third-order valence-electron chi connectivity index (χ3n) is 3.02. The lowest BCUT2D eigenvalue weighted by Gasteiger charge is -2.22. The van der Waals surface area contributed by atoms with E-state index < -0.39 is 0 Å². The smallest absolute Gasteiger partial charge is 0.0584 e. The van der Waals surface area contributed by atoms with Crippen LogP contribution < -0.4 is 5.32 Å². The summed E-state index contributed by atoms with van der Waals surface area (Å²) in [6.07, 6.45) is 1.94. The van der Waals surface area contributed by atoms with Gasteiger partial charge in [0.15, 0.2) is 0 Å². The summed E-state index contributed by atoms with van der Waals surface area (Å²) in [6.45, 7) is 2.30. The van der Waals surface area contributed by atoms with Gasteiger partial charge >= 0.3 is 0 Å². The summed E-state index contributed by atoms with van der Waals surface area (Å²) in [7, 11) is 0. The highest BCUT2D eigenvalue weighted by molar-refractivity contribution is 7.10. The van der Waals surface area contributed by atoms with Crippen LogP contribution in [0.2, 0.25) is 0 Å². The van der Waals surface area contributed by atoms with Gasteiger partial charge in [0.1, 0.15) is 0 Å². The fraction of sp³-hybridized carbons (Fsp3) is 0.429. The Bertz CT molecular complexity index is 421. The van der Waals surface area contributed by atoms with Crippen molar-refractivity contribution >= 4 is 22.7 Å². The summed E-state index contributed by atoms with van der Waals surface area (Å²) in [5.74, 6) is 0. The molecule has 4 heteroatoms. The second-order valence-corrected chi connectivity index (χ2v) is 6.32. The van der Waals surface area contributed by atoms with E-state index in [0.717, 1.165) is 12.8 Å². The maximum atomic E-state index is 9.34. The van der Waals surface area contributed by atoms with Crippen molar-refractivity contribution in [1.82, 2.24) is 5.32 Å². The molecule has 2 nitrogen and oxygen atoms in total. The van der Waals surface area contributed by atoms with Crippen LogP contribution in [0.1, 0.15) is 29.1 Å². The van der Waals surface area contributed by atoms with Gasteiger partial charge in [0.05, 0.1) is 6.61 Å². The number of thiophene rings is 2. The molecule has 1 unspecified atom stereocenters. The van der Waals surface area contributed by atoms with Crippen LogP contribution in [0.4, 0.5) is 0 Å². The number of aliphatic hydroxyl groups excluding tert-OH is 1. The van der Waals surface area contributed by atoms with Crippen molar-refractivity contribution < 1.29 is 5.11 Å². The fourth-order valence-electron chi connectivity index (χ4n) is 1.95. The Morgan fingerprint density at radius 1 is 1.22 bits per heavy atom. The maximum absolute atomic E-state index is 9.34. The Labute approximate surface area is 116 Å². The van der Waals surface area contributed by atoms with Gasteiger partial charge in [-0.05, 0) is 29.3 Å². The normalized spacial score (nSPS) is 14.6. The van der Waals surface area contributed by atoms with Crippen LogP contribution in [0.15, 0.2) is 35.0 Å². The summed E-state index contributed by atoms with van der Waals surface area (Å²) in [4.78, 5) is 2.73. The van der Waals surface area contributed by atoms with E-state index in [-0.39, 0.29) is 12.6 Å². The predicted octanol–water partition coefficient (Wildman–Crippen LogP) is 3.45. The standard InChI is InChI=1S/C14H19NOS2/c1-2-11(10-16)15-13(14-6-4-8-18-14)9-12-5-3-7-17-12/h3-8,11,13,15-16H,2,9-10H2,1H3/t11-,13?/m0/s1. The zero-order chi connectivity index (χ0) is 12.8. The summed E-state index contributed by atoms with van der Waals surface area (Å²) >= 11 is 3.57. The van der Waals surface area contributed by atoms with Crippen LogP contribution in [-0.4, -0.2) is 17.8 Å². The molecule has 2 aromatic rings. The first-order valence-electron chi connectivity index (χ1n) is 6.26. The average molecular weight is 281 g/mol. The Morgan fingerprint density at radius 2 is 2.00 bits per heavy atom. The molecule has 0 bridgehead atoms. The molecule has 18 heavy (non-hydrogen) atoms. The first-order valence-corrected chi connectivity index (χ1v) is 8.02. The molecular weight excluding hydrogens is 262 g/mol. The molecule has 0 aliphatic heterocycles. The van der Waals surface area contributed by atoms with Gasteiger partial charge in [-0.25, -0.2) is 0 Å². The molecule has 0 radical (unpaired) electrons. The van der Waals surface area contributed by atoms with Gasteiger partial charge in [-0.2, -0.15) is 0 Å². The number of nitrogens with one attached hydrogen (secondary N) is 1.